The van der Waals surface area contributed by atoms with Crippen molar-refractivity contribution in [3.8, 4) is 0 Å². The molecule has 0 aromatic rings. The van der Waals surface area contributed by atoms with Crippen molar-refractivity contribution in [2.45, 2.75) is 12.1 Å². The van der Waals surface area contributed by atoms with Crippen LogP contribution in [0.25, 0.3) is 0 Å². The molecule has 0 fully saturated rings. The van der Waals surface area contributed by atoms with Crippen LogP contribution in [0.5, 0.6) is 0 Å². The lowest BCUT2D eigenvalue weighted by Crippen LogP contribution is -2.53. The lowest BCUT2D eigenvalue weighted by molar-refractivity contribution is -0.142. The highest BCUT2D eigenvalue weighted by molar-refractivity contribution is 5.93. The van der Waals surface area contributed by atoms with Crippen LogP contribution in [0.15, 0.2) is 0 Å². The number of nitrogens with two attached hydrogens (primary N) is 1. The molecule has 11 N–H and O–H groups in total. The molecule has 0 aliphatic carbocycles. The number of carboxylic acid groups (broad SMARTS) is 1. The van der Waals surface area contributed by atoms with Crippen molar-refractivity contribution in [1.29, 1.82) is 0 Å². The normalized spacial score (nSPS) is 11.8. The third kappa shape index (κ3) is 13.2. The number of amides is 6. The van der Waals surface area contributed by atoms with Crippen LogP contribution in [0.2, 0.25) is 0 Å². The molecule has 0 aliphatic heterocycles. The van der Waals surface area contributed by atoms with Gasteiger partial charge in [0.1, 0.15) is 12.1 Å². The summed E-state index contributed by atoms with van der Waals surface area (Å²) in [7, 11) is 0. The Labute approximate surface area is 186 Å². The molecule has 2 atom stereocenters. The number of hydrogen-bond donors (Lipinski definition) is 10. The van der Waals surface area contributed by atoms with Crippen molar-refractivity contribution < 1.29 is 48.9 Å². The van der Waals surface area contributed by atoms with Crippen molar-refractivity contribution in [1.82, 2.24) is 31.9 Å². The van der Waals surface area contributed by atoms with Crippen LogP contribution in [-0.2, 0) is 33.6 Å². The van der Waals surface area contributed by atoms with Crippen molar-refractivity contribution in [3.63, 3.8) is 0 Å². The van der Waals surface area contributed by atoms with E-state index in [0.717, 1.165) is 0 Å². The quantitative estimate of drug-likeness (QED) is 0.106. The minimum Gasteiger partial charge on any atom is -0.480 e. The molecule has 186 valence electrons. The fourth-order valence-corrected chi connectivity index (χ4v) is 1.89. The van der Waals surface area contributed by atoms with Crippen LogP contribution in [0.3, 0.4) is 0 Å². The summed E-state index contributed by atoms with van der Waals surface area (Å²) in [6.45, 7) is -4.27. The van der Waals surface area contributed by atoms with Gasteiger partial charge in [-0.1, -0.05) is 0 Å². The summed E-state index contributed by atoms with van der Waals surface area (Å²) < 4.78 is 0. The number of aliphatic carboxylic acids is 1. The monoisotopic (exact) mass is 477 g/mol. The summed E-state index contributed by atoms with van der Waals surface area (Å²) in [5.74, 6) is -6.29. The molecule has 0 heterocycles. The number of rotatable bonds is 15. The molecule has 33 heavy (non-hydrogen) atoms. The van der Waals surface area contributed by atoms with Gasteiger partial charge in [-0.3, -0.25) is 28.8 Å². The highest BCUT2D eigenvalue weighted by Gasteiger charge is 2.21. The predicted octanol–water partition coefficient (Wildman–Crippen LogP) is -7.55. The van der Waals surface area contributed by atoms with E-state index < -0.39 is 92.9 Å². The fraction of sp³-hybridized carbons (Fsp3) is 0.562. The largest absolute Gasteiger partial charge is 0.480 e. The van der Waals surface area contributed by atoms with Crippen molar-refractivity contribution >= 4 is 41.4 Å². The molecule has 0 bridgehead atoms. The molecule has 17 nitrogen and oxygen atoms in total. The van der Waals surface area contributed by atoms with Gasteiger partial charge in [0.15, 0.2) is 0 Å². The van der Waals surface area contributed by atoms with Gasteiger partial charge in [0.05, 0.1) is 45.9 Å². The third-order valence-electron chi connectivity index (χ3n) is 3.60. The van der Waals surface area contributed by atoms with Crippen molar-refractivity contribution in [3.05, 3.63) is 0 Å². The molecule has 0 unspecified atom stereocenters. The van der Waals surface area contributed by atoms with Gasteiger partial charge in [-0.2, -0.15) is 0 Å². The zero-order chi connectivity index (χ0) is 25.4. The number of carboxylic acids is 1. The SMILES string of the molecule is NCC(=O)NCC(=O)NCC(=O)N[C@@H](CO)C(=O)NCC(=O)NCC(=O)N[C@@H](CO)C(=O)O. The Kier molecular flexibility index (Phi) is 14.1. The number of carbonyl (C=O) groups is 7. The first-order chi connectivity index (χ1) is 15.5. The van der Waals surface area contributed by atoms with Crippen LogP contribution in [0, 0.1) is 0 Å². The van der Waals surface area contributed by atoms with Gasteiger partial charge in [0, 0.05) is 0 Å². The average molecular weight is 477 g/mol. The Hall–Kier alpha value is -3.83. The number of aliphatic hydroxyl groups is 2. The Morgan fingerprint density at radius 1 is 0.606 bits per heavy atom. The molecule has 0 saturated carbocycles. The van der Waals surface area contributed by atoms with Gasteiger partial charge in [0.25, 0.3) is 0 Å². The fourth-order valence-electron chi connectivity index (χ4n) is 1.89. The van der Waals surface area contributed by atoms with Gasteiger partial charge in [-0.05, 0) is 0 Å². The second-order valence-electron chi connectivity index (χ2n) is 6.20. The van der Waals surface area contributed by atoms with E-state index in [4.69, 9.17) is 15.9 Å². The number of hydrogen-bond acceptors (Lipinski definition) is 10. The Bertz CT molecular complexity index is 745. The van der Waals surface area contributed by atoms with E-state index in [9.17, 15) is 38.7 Å². The van der Waals surface area contributed by atoms with Crippen LogP contribution in [0.1, 0.15) is 0 Å². The van der Waals surface area contributed by atoms with Crippen LogP contribution >= 0.6 is 0 Å². The van der Waals surface area contributed by atoms with Crippen molar-refractivity contribution in [2.24, 2.45) is 5.73 Å². The summed E-state index contributed by atoms with van der Waals surface area (Å²) in [6.07, 6.45) is 0. The van der Waals surface area contributed by atoms with Gasteiger partial charge in [-0.15, -0.1) is 0 Å². The van der Waals surface area contributed by atoms with Crippen LogP contribution in [-0.4, -0.2) is 115 Å². The minimum atomic E-state index is -1.54. The molecule has 0 radical (unpaired) electrons. The van der Waals surface area contributed by atoms with Gasteiger partial charge < -0.3 is 53.0 Å². The van der Waals surface area contributed by atoms with Gasteiger partial charge >= 0.3 is 5.97 Å². The Balaban J connectivity index is 4.31. The molecular weight excluding hydrogens is 450 g/mol. The molecule has 0 spiro atoms. The Morgan fingerprint density at radius 2 is 1.00 bits per heavy atom. The van der Waals surface area contributed by atoms with E-state index in [-0.39, 0.29) is 6.54 Å². The summed E-state index contributed by atoms with van der Waals surface area (Å²) >= 11 is 0. The van der Waals surface area contributed by atoms with E-state index in [1.807, 2.05) is 5.32 Å². The maximum Gasteiger partial charge on any atom is 0.328 e. The standard InChI is InChI=1S/C16H27N7O10/c17-1-10(26)18-2-11(27)19-4-13(29)22-8(6-24)15(31)21-3-12(28)20-5-14(30)23-9(7-25)16(32)33/h8-9,24-25H,1-7,17H2,(H,18,26)(H,19,27)(H,20,28)(H,21,31)(H,22,29)(H,23,30)(H,32,33)/t8-,9-/m0/s1. The molecule has 6 amide bonds. The molecule has 0 aromatic carbocycles. The van der Waals surface area contributed by atoms with Gasteiger partial charge in [0.2, 0.25) is 35.4 Å². The Morgan fingerprint density at radius 3 is 1.42 bits per heavy atom. The molecule has 0 aromatic heterocycles. The molecule has 0 rings (SSSR count). The molecule has 0 saturated heterocycles. The van der Waals surface area contributed by atoms with Crippen molar-refractivity contribution in [2.75, 3.05) is 45.9 Å². The second kappa shape index (κ2) is 15.9. The number of carbonyl (C=O) groups excluding carboxylic acids is 6. The molecule has 17 heteroatoms. The van der Waals surface area contributed by atoms with E-state index in [1.165, 1.54) is 0 Å². The summed E-state index contributed by atoms with van der Waals surface area (Å²) in [4.78, 5) is 80.0. The lowest BCUT2D eigenvalue weighted by Gasteiger charge is -2.16. The van der Waals surface area contributed by atoms with Gasteiger partial charge in [-0.25, -0.2) is 4.79 Å². The first-order valence-corrected chi connectivity index (χ1v) is 9.35. The first-order valence-electron chi connectivity index (χ1n) is 9.35. The van der Waals surface area contributed by atoms with E-state index in [1.54, 1.807) is 0 Å². The van der Waals surface area contributed by atoms with E-state index in [2.05, 4.69) is 26.6 Å². The highest BCUT2D eigenvalue weighted by Crippen LogP contribution is 1.85. The van der Waals surface area contributed by atoms with E-state index >= 15 is 0 Å². The average Bonchev–Trinajstić information content (AvgIpc) is 2.79. The van der Waals surface area contributed by atoms with Crippen LogP contribution < -0.4 is 37.6 Å². The molecular formula is C16H27N7O10. The zero-order valence-corrected chi connectivity index (χ0v) is 17.4. The summed E-state index contributed by atoms with van der Waals surface area (Å²) in [6, 6.07) is -3.00. The smallest absolute Gasteiger partial charge is 0.328 e. The topological polar surface area (TPSA) is 278 Å². The second-order valence-corrected chi connectivity index (χ2v) is 6.20. The first kappa shape index (κ1) is 29.2. The minimum absolute atomic E-state index is 0.318. The maximum absolute atomic E-state index is 12.0. The lowest BCUT2D eigenvalue weighted by atomic mass is 10.3. The summed E-state index contributed by atoms with van der Waals surface area (Å²) in [5, 5.41) is 39.3. The van der Waals surface area contributed by atoms with E-state index in [0.29, 0.717) is 0 Å². The summed E-state index contributed by atoms with van der Waals surface area (Å²) in [5.41, 5.74) is 5.04. The maximum atomic E-state index is 12.0. The zero-order valence-electron chi connectivity index (χ0n) is 17.4. The number of nitrogens with one attached hydrogen (secondary N) is 6. The predicted molar refractivity (Wildman–Crippen MR) is 107 cm³/mol. The molecule has 0 aliphatic rings. The van der Waals surface area contributed by atoms with Crippen LogP contribution in [0.4, 0.5) is 0 Å². The number of aliphatic hydroxyl groups excluding tert-OH is 2. The third-order valence-corrected chi connectivity index (χ3v) is 3.60. The highest BCUT2D eigenvalue weighted by atomic mass is 16.4.